The van der Waals surface area contributed by atoms with E-state index in [9.17, 15) is 13.2 Å². The highest BCUT2D eigenvalue weighted by Crippen LogP contribution is 2.38. The fraction of sp³-hybridized carbons (Fsp3) is 0.0714. The minimum absolute atomic E-state index is 0.137. The molecule has 0 atom stereocenters. The molecule has 0 fully saturated rings. The summed E-state index contributed by atoms with van der Waals surface area (Å²) in [5.41, 5.74) is 5.10. The minimum Gasteiger partial charge on any atom is -0.457 e. The summed E-state index contributed by atoms with van der Waals surface area (Å²) in [6, 6.07) is 10.8. The highest BCUT2D eigenvalue weighted by molar-refractivity contribution is 5.57. The lowest BCUT2D eigenvalue weighted by Crippen LogP contribution is -2.06. The Balaban J connectivity index is 2.36. The number of hydrogen-bond acceptors (Lipinski definition) is 3. The first-order valence-corrected chi connectivity index (χ1v) is 5.55. The summed E-state index contributed by atoms with van der Waals surface area (Å²) in [4.78, 5) is 0. The van der Waals surface area contributed by atoms with Crippen LogP contribution >= 0.6 is 0 Å². The predicted molar refractivity (Wildman–Crippen MR) is 67.1 cm³/mol. The van der Waals surface area contributed by atoms with E-state index in [4.69, 9.17) is 15.7 Å². The van der Waals surface area contributed by atoms with E-state index in [1.54, 1.807) is 0 Å². The molecule has 2 N–H and O–H groups in total. The van der Waals surface area contributed by atoms with Crippen molar-refractivity contribution in [1.29, 1.82) is 5.26 Å². The first-order valence-electron chi connectivity index (χ1n) is 5.55. The number of ether oxygens (including phenoxy) is 1. The Morgan fingerprint density at radius 3 is 2.40 bits per heavy atom. The van der Waals surface area contributed by atoms with Gasteiger partial charge in [0.15, 0.2) is 0 Å². The Morgan fingerprint density at radius 1 is 1.10 bits per heavy atom. The van der Waals surface area contributed by atoms with Crippen molar-refractivity contribution in [3.8, 4) is 17.6 Å². The number of nitrogens with zero attached hydrogens (tertiary/aromatic N) is 1. The Morgan fingerprint density at radius 2 is 1.80 bits per heavy atom. The summed E-state index contributed by atoms with van der Waals surface area (Å²) in [6.45, 7) is 0. The maximum absolute atomic E-state index is 12.8. The second kappa shape index (κ2) is 5.13. The molecular formula is C14H9F3N2O. The number of rotatable bonds is 2. The van der Waals surface area contributed by atoms with Gasteiger partial charge in [-0.2, -0.15) is 18.4 Å². The number of nitrogen functional groups attached to an aromatic ring is 1. The molecule has 20 heavy (non-hydrogen) atoms. The lowest BCUT2D eigenvalue weighted by molar-refractivity contribution is -0.138. The molecule has 6 heteroatoms. The summed E-state index contributed by atoms with van der Waals surface area (Å²) >= 11 is 0. The van der Waals surface area contributed by atoms with Crippen LogP contribution < -0.4 is 10.5 Å². The Hall–Kier alpha value is -2.68. The highest BCUT2D eigenvalue weighted by atomic mass is 19.4. The molecule has 0 amide bonds. The van der Waals surface area contributed by atoms with Crippen LogP contribution in [0.3, 0.4) is 0 Å². The van der Waals surface area contributed by atoms with Crippen molar-refractivity contribution < 1.29 is 17.9 Å². The van der Waals surface area contributed by atoms with Crippen LogP contribution in [0.5, 0.6) is 11.5 Å². The second-order valence-corrected chi connectivity index (χ2v) is 3.96. The molecule has 2 aromatic carbocycles. The van der Waals surface area contributed by atoms with E-state index in [-0.39, 0.29) is 22.7 Å². The Kier molecular flexibility index (Phi) is 3.53. The maximum Gasteiger partial charge on any atom is 0.419 e. The zero-order valence-corrected chi connectivity index (χ0v) is 10.1. The molecule has 0 aliphatic carbocycles. The van der Waals surface area contributed by atoms with Gasteiger partial charge >= 0.3 is 6.18 Å². The predicted octanol–water partition coefficient (Wildman–Crippen LogP) is 3.95. The van der Waals surface area contributed by atoms with Crippen LogP contribution in [0, 0.1) is 11.3 Å². The summed E-state index contributed by atoms with van der Waals surface area (Å²) < 4.78 is 43.6. The lowest BCUT2D eigenvalue weighted by Gasteiger charge is -2.13. The van der Waals surface area contributed by atoms with Gasteiger partial charge in [0.1, 0.15) is 17.6 Å². The molecule has 0 spiro atoms. The third-order valence-corrected chi connectivity index (χ3v) is 2.56. The van der Waals surface area contributed by atoms with Gasteiger partial charge in [0.2, 0.25) is 0 Å². The zero-order chi connectivity index (χ0) is 14.8. The molecule has 0 saturated carbocycles. The van der Waals surface area contributed by atoms with Gasteiger partial charge in [-0.25, -0.2) is 0 Å². The van der Waals surface area contributed by atoms with E-state index in [1.807, 2.05) is 6.07 Å². The first kappa shape index (κ1) is 13.7. The van der Waals surface area contributed by atoms with Crippen LogP contribution in [-0.2, 0) is 6.18 Å². The summed E-state index contributed by atoms with van der Waals surface area (Å²) in [5.74, 6) is -0.178. The van der Waals surface area contributed by atoms with Crippen LogP contribution in [0.25, 0.3) is 0 Å². The molecule has 0 radical (unpaired) electrons. The fourth-order valence-electron chi connectivity index (χ4n) is 1.62. The average Bonchev–Trinajstić information content (AvgIpc) is 2.38. The van der Waals surface area contributed by atoms with Crippen molar-refractivity contribution in [2.45, 2.75) is 6.18 Å². The minimum atomic E-state index is -4.51. The molecule has 3 nitrogen and oxygen atoms in total. The van der Waals surface area contributed by atoms with E-state index in [0.717, 1.165) is 6.07 Å². The average molecular weight is 278 g/mol. The lowest BCUT2D eigenvalue weighted by atomic mass is 10.2. The van der Waals surface area contributed by atoms with Gasteiger partial charge in [-0.15, -0.1) is 0 Å². The molecule has 0 bridgehead atoms. The molecular weight excluding hydrogens is 269 g/mol. The standard InChI is InChI=1S/C14H9F3N2O/c15-14(16,17)11-3-1-2-4-13(11)20-10-6-5-9(8-18)12(19)7-10/h1-7H,19H2. The largest absolute Gasteiger partial charge is 0.457 e. The van der Waals surface area contributed by atoms with E-state index in [1.165, 1.54) is 36.4 Å². The first-order chi connectivity index (χ1) is 9.41. The van der Waals surface area contributed by atoms with Gasteiger partial charge in [-0.3, -0.25) is 0 Å². The molecule has 102 valence electrons. The van der Waals surface area contributed by atoms with Gasteiger partial charge in [0.05, 0.1) is 16.8 Å². The molecule has 0 saturated heterocycles. The number of halogens is 3. The summed E-state index contributed by atoms with van der Waals surface area (Å²) in [7, 11) is 0. The third-order valence-electron chi connectivity index (χ3n) is 2.56. The number of nitrogens with two attached hydrogens (primary N) is 1. The Labute approximate surface area is 113 Å². The second-order valence-electron chi connectivity index (χ2n) is 3.96. The molecule has 2 rings (SSSR count). The topological polar surface area (TPSA) is 59.0 Å². The normalized spacial score (nSPS) is 10.9. The Bertz CT molecular complexity index is 675. The molecule has 0 aromatic heterocycles. The van der Waals surface area contributed by atoms with E-state index in [2.05, 4.69) is 0 Å². The van der Waals surface area contributed by atoms with Crippen molar-refractivity contribution in [2.24, 2.45) is 0 Å². The quantitative estimate of drug-likeness (QED) is 0.846. The van der Waals surface area contributed by atoms with Gasteiger partial charge in [0.25, 0.3) is 0 Å². The van der Waals surface area contributed by atoms with Gasteiger partial charge in [-0.1, -0.05) is 12.1 Å². The fourth-order valence-corrected chi connectivity index (χ4v) is 1.62. The number of hydrogen-bond donors (Lipinski definition) is 1. The van der Waals surface area contributed by atoms with Crippen LogP contribution in [0.4, 0.5) is 18.9 Å². The van der Waals surface area contributed by atoms with Crippen LogP contribution in [-0.4, -0.2) is 0 Å². The smallest absolute Gasteiger partial charge is 0.419 e. The molecule has 0 unspecified atom stereocenters. The molecule has 0 aliphatic heterocycles. The van der Waals surface area contributed by atoms with E-state index < -0.39 is 11.7 Å². The number of alkyl halides is 3. The van der Waals surface area contributed by atoms with E-state index in [0.29, 0.717) is 0 Å². The number of benzene rings is 2. The summed E-state index contributed by atoms with van der Waals surface area (Å²) in [5, 5.41) is 8.73. The van der Waals surface area contributed by atoms with Crippen molar-refractivity contribution in [1.82, 2.24) is 0 Å². The SMILES string of the molecule is N#Cc1ccc(Oc2ccccc2C(F)(F)F)cc1N. The van der Waals surface area contributed by atoms with Crippen molar-refractivity contribution in [2.75, 3.05) is 5.73 Å². The van der Waals surface area contributed by atoms with Crippen molar-refractivity contribution in [3.05, 3.63) is 53.6 Å². The molecule has 2 aromatic rings. The molecule has 0 heterocycles. The van der Waals surface area contributed by atoms with Crippen molar-refractivity contribution >= 4 is 5.69 Å². The third kappa shape index (κ3) is 2.83. The van der Waals surface area contributed by atoms with Crippen LogP contribution in [0.15, 0.2) is 42.5 Å². The van der Waals surface area contributed by atoms with Crippen LogP contribution in [0.2, 0.25) is 0 Å². The maximum atomic E-state index is 12.8. The number of nitriles is 1. The van der Waals surface area contributed by atoms with E-state index >= 15 is 0 Å². The zero-order valence-electron chi connectivity index (χ0n) is 10.1. The summed E-state index contributed by atoms with van der Waals surface area (Å²) in [6.07, 6.45) is -4.51. The van der Waals surface area contributed by atoms with Gasteiger partial charge in [-0.05, 0) is 24.3 Å². The monoisotopic (exact) mass is 278 g/mol. The molecule has 0 aliphatic rings. The van der Waals surface area contributed by atoms with Gasteiger partial charge in [0, 0.05) is 6.07 Å². The van der Waals surface area contributed by atoms with Crippen LogP contribution in [0.1, 0.15) is 11.1 Å². The van der Waals surface area contributed by atoms with Crippen molar-refractivity contribution in [3.63, 3.8) is 0 Å². The number of anilines is 1. The van der Waals surface area contributed by atoms with Gasteiger partial charge < -0.3 is 10.5 Å². The highest BCUT2D eigenvalue weighted by Gasteiger charge is 2.34. The number of para-hydroxylation sites is 1.